The third kappa shape index (κ3) is 18.3. The van der Waals surface area contributed by atoms with E-state index in [4.69, 9.17) is 0 Å². The second-order valence-corrected chi connectivity index (χ2v) is 6.38. The van der Waals surface area contributed by atoms with Crippen LogP contribution in [0.3, 0.4) is 0 Å². The molecular formula is C15H30NNaO5S. The zero-order valence-electron chi connectivity index (χ0n) is 15.5. The van der Waals surface area contributed by atoms with Gasteiger partial charge in [-0.2, -0.15) is 8.42 Å². The van der Waals surface area contributed by atoms with Crippen LogP contribution in [-0.4, -0.2) is 20.9 Å². The Hall–Kier alpha value is 0.0800. The van der Waals surface area contributed by atoms with E-state index in [1.54, 1.807) is 5.48 Å². The summed E-state index contributed by atoms with van der Waals surface area (Å²) >= 11 is 0. The standard InChI is InChI=1S/C15H29NO5S.Na.H/c1-3-5-6-7-8-9-10-11-12-13-14-20-22(18,19)21-16-15(17)4-2;;/h4H,2-3,5-14H2,1H3,(H,16,17);;/q;+1;-1. The van der Waals surface area contributed by atoms with E-state index in [0.717, 1.165) is 18.9 Å². The molecule has 8 heteroatoms. The van der Waals surface area contributed by atoms with Gasteiger partial charge in [0.2, 0.25) is 0 Å². The first-order chi connectivity index (χ1) is 10.5. The number of amides is 1. The fourth-order valence-electron chi connectivity index (χ4n) is 1.91. The van der Waals surface area contributed by atoms with E-state index >= 15 is 0 Å². The Bertz CT molecular complexity index is 407. The Morgan fingerprint density at radius 1 is 1.04 bits per heavy atom. The molecule has 6 nitrogen and oxygen atoms in total. The van der Waals surface area contributed by atoms with E-state index < -0.39 is 16.3 Å². The van der Waals surface area contributed by atoms with Crippen molar-refractivity contribution in [3.05, 3.63) is 12.7 Å². The monoisotopic (exact) mass is 359 g/mol. The van der Waals surface area contributed by atoms with Crippen LogP contribution in [-0.2, 0) is 23.7 Å². The minimum Gasteiger partial charge on any atom is -1.00 e. The molecule has 0 aliphatic heterocycles. The number of unbranched alkanes of at least 4 members (excludes halogenated alkanes) is 9. The number of hydroxylamine groups is 1. The number of rotatable bonds is 15. The molecule has 0 rings (SSSR count). The molecule has 1 N–H and O–H groups in total. The number of hydrogen-bond donors (Lipinski definition) is 1. The molecule has 0 aromatic rings. The molecule has 0 heterocycles. The van der Waals surface area contributed by atoms with Crippen molar-refractivity contribution in [2.75, 3.05) is 6.61 Å². The molecule has 0 atom stereocenters. The first kappa shape index (κ1) is 25.3. The Labute approximate surface area is 164 Å². The zero-order chi connectivity index (χ0) is 16.7. The van der Waals surface area contributed by atoms with Gasteiger partial charge in [0.1, 0.15) is 0 Å². The maximum Gasteiger partial charge on any atom is 1.00 e. The van der Waals surface area contributed by atoms with E-state index in [2.05, 4.69) is 22.0 Å². The van der Waals surface area contributed by atoms with Crippen LogP contribution in [0, 0.1) is 0 Å². The van der Waals surface area contributed by atoms with Crippen LogP contribution in [0.2, 0.25) is 0 Å². The average molecular weight is 359 g/mol. The molecule has 0 aromatic carbocycles. The molecule has 0 unspecified atom stereocenters. The van der Waals surface area contributed by atoms with Gasteiger partial charge in [-0.1, -0.05) is 71.3 Å². The molecule has 0 aliphatic carbocycles. The predicted octanol–water partition coefficient (Wildman–Crippen LogP) is 0.519. The molecule has 1 amide bonds. The summed E-state index contributed by atoms with van der Waals surface area (Å²) in [5, 5.41) is 0. The van der Waals surface area contributed by atoms with Crippen molar-refractivity contribution in [3.63, 3.8) is 0 Å². The number of nitrogens with one attached hydrogen (secondary N) is 1. The Morgan fingerprint density at radius 2 is 1.52 bits per heavy atom. The third-order valence-electron chi connectivity index (χ3n) is 3.16. The van der Waals surface area contributed by atoms with Crippen molar-refractivity contribution in [2.24, 2.45) is 0 Å². The quantitative estimate of drug-likeness (QED) is 0.199. The maximum atomic E-state index is 11.2. The summed E-state index contributed by atoms with van der Waals surface area (Å²) in [6, 6.07) is 0. The van der Waals surface area contributed by atoms with Crippen molar-refractivity contribution in [3.8, 4) is 0 Å². The molecule has 23 heavy (non-hydrogen) atoms. The normalized spacial score (nSPS) is 10.8. The molecule has 0 aliphatic rings. The van der Waals surface area contributed by atoms with Gasteiger partial charge < -0.3 is 1.43 Å². The molecular weight excluding hydrogens is 329 g/mol. The van der Waals surface area contributed by atoms with Gasteiger partial charge in [0, 0.05) is 0 Å². The summed E-state index contributed by atoms with van der Waals surface area (Å²) in [7, 11) is -4.18. The largest absolute Gasteiger partial charge is 1.00 e. The van der Waals surface area contributed by atoms with Gasteiger partial charge in [-0.05, 0) is 12.5 Å². The van der Waals surface area contributed by atoms with Gasteiger partial charge in [-0.3, -0.25) is 4.79 Å². The van der Waals surface area contributed by atoms with Crippen LogP contribution < -0.4 is 35.0 Å². The summed E-state index contributed by atoms with van der Waals surface area (Å²) in [6.07, 6.45) is 12.4. The van der Waals surface area contributed by atoms with Crippen LogP contribution in [0.25, 0.3) is 0 Å². The molecule has 0 saturated carbocycles. The second-order valence-electron chi connectivity index (χ2n) is 5.17. The van der Waals surface area contributed by atoms with Crippen LogP contribution in [0.4, 0.5) is 0 Å². The number of hydrogen-bond acceptors (Lipinski definition) is 5. The number of carbonyl (C=O) groups is 1. The summed E-state index contributed by atoms with van der Waals surface area (Å²) < 4.78 is 31.2. The second kappa shape index (κ2) is 16.9. The minimum atomic E-state index is -4.18. The fraction of sp³-hybridized carbons (Fsp3) is 0.800. The molecule has 0 radical (unpaired) electrons. The molecule has 0 fully saturated rings. The molecule has 0 spiro atoms. The summed E-state index contributed by atoms with van der Waals surface area (Å²) in [5.74, 6) is -0.744. The minimum absolute atomic E-state index is 0. The molecule has 0 saturated heterocycles. The van der Waals surface area contributed by atoms with E-state index in [1.807, 2.05) is 0 Å². The van der Waals surface area contributed by atoms with E-state index in [1.165, 1.54) is 44.9 Å². The van der Waals surface area contributed by atoms with Crippen LogP contribution >= 0.6 is 0 Å². The molecule has 0 bridgehead atoms. The van der Waals surface area contributed by atoms with Crippen LogP contribution in [0.15, 0.2) is 12.7 Å². The maximum absolute atomic E-state index is 11.2. The van der Waals surface area contributed by atoms with Crippen molar-refractivity contribution >= 4 is 16.3 Å². The van der Waals surface area contributed by atoms with Crippen molar-refractivity contribution in [2.45, 2.75) is 71.1 Å². The van der Waals surface area contributed by atoms with Crippen LogP contribution in [0.1, 0.15) is 72.6 Å². The molecule has 0 aromatic heterocycles. The summed E-state index contributed by atoms with van der Waals surface area (Å²) in [6.45, 7) is 5.43. The Morgan fingerprint density at radius 3 is 2.00 bits per heavy atom. The summed E-state index contributed by atoms with van der Waals surface area (Å²) in [5.41, 5.74) is 1.69. The van der Waals surface area contributed by atoms with Crippen molar-refractivity contribution in [1.29, 1.82) is 0 Å². The smallest absolute Gasteiger partial charge is 1.00 e. The Kier molecular flexibility index (Phi) is 18.6. The van der Waals surface area contributed by atoms with Crippen molar-refractivity contribution < 1.29 is 52.7 Å². The number of carbonyl (C=O) groups excluding carboxylic acids is 1. The van der Waals surface area contributed by atoms with Gasteiger partial charge in [-0.25, -0.2) is 9.66 Å². The van der Waals surface area contributed by atoms with Gasteiger partial charge in [0.15, 0.2) is 0 Å². The van der Waals surface area contributed by atoms with Gasteiger partial charge in [0.25, 0.3) is 5.91 Å². The fourth-order valence-corrected chi connectivity index (χ4v) is 2.46. The predicted molar refractivity (Wildman–Crippen MR) is 87.3 cm³/mol. The molecule has 132 valence electrons. The van der Waals surface area contributed by atoms with Gasteiger partial charge in [-0.15, -0.1) is 4.28 Å². The van der Waals surface area contributed by atoms with Crippen molar-refractivity contribution in [1.82, 2.24) is 5.48 Å². The average Bonchev–Trinajstić information content (AvgIpc) is 2.50. The first-order valence-corrected chi connectivity index (χ1v) is 9.35. The van der Waals surface area contributed by atoms with Gasteiger partial charge >= 0.3 is 40.0 Å². The van der Waals surface area contributed by atoms with Crippen LogP contribution in [0.5, 0.6) is 0 Å². The Balaban J connectivity index is -0.00000220. The topological polar surface area (TPSA) is 81.7 Å². The third-order valence-corrected chi connectivity index (χ3v) is 3.90. The zero-order valence-corrected chi connectivity index (χ0v) is 17.3. The summed E-state index contributed by atoms with van der Waals surface area (Å²) in [4.78, 5) is 10.7. The van der Waals surface area contributed by atoms with E-state index in [-0.39, 0.29) is 37.6 Å². The first-order valence-electron chi connectivity index (χ1n) is 8.02. The van der Waals surface area contributed by atoms with E-state index in [9.17, 15) is 13.2 Å². The van der Waals surface area contributed by atoms with Gasteiger partial charge in [0.05, 0.1) is 6.61 Å². The SMILES string of the molecule is C=CC(=O)NOS(=O)(=O)OCCCCCCCCCCCC.[H-].[Na+]. The van der Waals surface area contributed by atoms with E-state index in [0.29, 0.717) is 6.42 Å².